The van der Waals surface area contributed by atoms with Crippen molar-refractivity contribution in [2.45, 2.75) is 26.9 Å². The van der Waals surface area contributed by atoms with Crippen LogP contribution in [-0.4, -0.2) is 12.3 Å². The minimum Gasteiger partial charge on any atom is -0.489 e. The summed E-state index contributed by atoms with van der Waals surface area (Å²) in [5, 5.41) is 0. The molecular weight excluding hydrogens is 342 g/mol. The quantitative estimate of drug-likeness (QED) is 0.547. The Balaban J connectivity index is 1.51. The van der Waals surface area contributed by atoms with Gasteiger partial charge < -0.3 is 4.74 Å². The molecule has 2 nitrogen and oxygen atoms in total. The summed E-state index contributed by atoms with van der Waals surface area (Å²) in [6.45, 7) is 5.69. The van der Waals surface area contributed by atoms with Crippen molar-refractivity contribution >= 4 is 11.8 Å². The van der Waals surface area contributed by atoms with E-state index in [0.29, 0.717) is 6.61 Å². The molecule has 0 aliphatic carbocycles. The van der Waals surface area contributed by atoms with Gasteiger partial charge in [-0.15, -0.1) is 0 Å². The Morgan fingerprint density at radius 1 is 0.929 bits per heavy atom. The lowest BCUT2D eigenvalue weighted by Crippen LogP contribution is -2.11. The van der Waals surface area contributed by atoms with Gasteiger partial charge >= 0.3 is 0 Å². The fourth-order valence-electron chi connectivity index (χ4n) is 3.56. The number of nitrogens with zero attached hydrogens (tertiary/aromatic N) is 1. The number of benzene rings is 3. The SMILES string of the molecule is Cc1ccc(/C=C/C2=NCCc3cc(OCc4ccccc4)ccc32)c(C)c1. The number of ether oxygens (including phenoxy) is 1. The zero-order valence-electron chi connectivity index (χ0n) is 16.5. The summed E-state index contributed by atoms with van der Waals surface area (Å²) in [5.41, 5.74) is 8.56. The third-order valence-electron chi connectivity index (χ3n) is 5.11. The van der Waals surface area contributed by atoms with Crippen LogP contribution in [0.5, 0.6) is 5.75 Å². The van der Waals surface area contributed by atoms with Crippen LogP contribution in [0.2, 0.25) is 0 Å². The number of hydrogen-bond donors (Lipinski definition) is 0. The average Bonchev–Trinajstić information content (AvgIpc) is 2.72. The lowest BCUT2D eigenvalue weighted by atomic mass is 9.96. The van der Waals surface area contributed by atoms with Gasteiger partial charge in [0, 0.05) is 12.1 Å². The largest absolute Gasteiger partial charge is 0.489 e. The summed E-state index contributed by atoms with van der Waals surface area (Å²) in [6, 6.07) is 23.2. The van der Waals surface area contributed by atoms with Gasteiger partial charge in [-0.25, -0.2) is 0 Å². The van der Waals surface area contributed by atoms with Gasteiger partial charge in [0.2, 0.25) is 0 Å². The zero-order valence-corrected chi connectivity index (χ0v) is 16.5. The van der Waals surface area contributed by atoms with Gasteiger partial charge in [-0.1, -0.05) is 60.2 Å². The monoisotopic (exact) mass is 367 g/mol. The number of allylic oxidation sites excluding steroid dienone is 1. The average molecular weight is 367 g/mol. The van der Waals surface area contributed by atoms with Crippen LogP contribution in [0.15, 0.2) is 77.8 Å². The van der Waals surface area contributed by atoms with Gasteiger partial charge in [-0.2, -0.15) is 0 Å². The van der Waals surface area contributed by atoms with Crippen molar-refractivity contribution in [3.05, 3.63) is 106 Å². The third kappa shape index (κ3) is 4.23. The van der Waals surface area contributed by atoms with Gasteiger partial charge in [-0.3, -0.25) is 4.99 Å². The van der Waals surface area contributed by atoms with Crippen molar-refractivity contribution in [1.82, 2.24) is 0 Å². The molecule has 0 N–H and O–H groups in total. The molecule has 0 aromatic heterocycles. The lowest BCUT2D eigenvalue weighted by molar-refractivity contribution is 0.306. The highest BCUT2D eigenvalue weighted by molar-refractivity contribution is 6.12. The van der Waals surface area contributed by atoms with Crippen molar-refractivity contribution in [2.75, 3.05) is 6.54 Å². The highest BCUT2D eigenvalue weighted by atomic mass is 16.5. The minimum atomic E-state index is 0.590. The van der Waals surface area contributed by atoms with Crippen LogP contribution in [-0.2, 0) is 13.0 Å². The Labute approximate surface area is 167 Å². The van der Waals surface area contributed by atoms with Crippen LogP contribution in [0.3, 0.4) is 0 Å². The number of fused-ring (bicyclic) bond motifs is 1. The highest BCUT2D eigenvalue weighted by Gasteiger charge is 2.13. The van der Waals surface area contributed by atoms with E-state index in [1.807, 2.05) is 24.3 Å². The van der Waals surface area contributed by atoms with Crippen LogP contribution < -0.4 is 4.74 Å². The van der Waals surface area contributed by atoms with Gasteiger partial charge in [0.1, 0.15) is 12.4 Å². The van der Waals surface area contributed by atoms with E-state index in [4.69, 9.17) is 9.73 Å². The van der Waals surface area contributed by atoms with Crippen LogP contribution in [0.25, 0.3) is 6.08 Å². The molecular formula is C26H25NO. The summed E-state index contributed by atoms with van der Waals surface area (Å²) >= 11 is 0. The Morgan fingerprint density at radius 2 is 1.79 bits per heavy atom. The molecule has 0 unspecified atom stereocenters. The van der Waals surface area contributed by atoms with E-state index in [1.165, 1.54) is 33.4 Å². The molecule has 0 saturated heterocycles. The normalized spacial score (nSPS) is 13.3. The van der Waals surface area contributed by atoms with Gasteiger partial charge in [0.15, 0.2) is 0 Å². The van der Waals surface area contributed by atoms with Crippen molar-refractivity contribution < 1.29 is 4.74 Å². The van der Waals surface area contributed by atoms with E-state index < -0.39 is 0 Å². The predicted molar refractivity (Wildman–Crippen MR) is 117 cm³/mol. The number of aliphatic imine (C=N–C) groups is 1. The number of hydrogen-bond acceptors (Lipinski definition) is 2. The Morgan fingerprint density at radius 3 is 2.61 bits per heavy atom. The topological polar surface area (TPSA) is 21.6 Å². The molecule has 1 aliphatic heterocycles. The molecule has 3 aromatic carbocycles. The van der Waals surface area contributed by atoms with Crippen LogP contribution >= 0.6 is 0 Å². The third-order valence-corrected chi connectivity index (χ3v) is 5.11. The summed E-state index contributed by atoms with van der Waals surface area (Å²) < 4.78 is 5.99. The predicted octanol–water partition coefficient (Wildman–Crippen LogP) is 5.94. The van der Waals surface area contributed by atoms with Crippen LogP contribution in [0, 0.1) is 13.8 Å². The number of aryl methyl sites for hydroxylation is 2. The molecule has 0 fully saturated rings. The first-order valence-corrected chi connectivity index (χ1v) is 9.79. The molecule has 0 bridgehead atoms. The Bertz CT molecular complexity index is 1030. The fraction of sp³-hybridized carbons (Fsp3) is 0.192. The second-order valence-corrected chi connectivity index (χ2v) is 7.30. The molecule has 28 heavy (non-hydrogen) atoms. The van der Waals surface area contributed by atoms with Crippen molar-refractivity contribution in [2.24, 2.45) is 4.99 Å². The summed E-state index contributed by atoms with van der Waals surface area (Å²) in [6.07, 6.45) is 5.27. The van der Waals surface area contributed by atoms with E-state index in [0.717, 1.165) is 24.4 Å². The highest BCUT2D eigenvalue weighted by Crippen LogP contribution is 2.24. The van der Waals surface area contributed by atoms with Gasteiger partial charge in [-0.05, 0) is 66.8 Å². The second kappa shape index (κ2) is 8.26. The first-order valence-electron chi connectivity index (χ1n) is 9.79. The lowest BCUT2D eigenvalue weighted by Gasteiger charge is -2.16. The zero-order chi connectivity index (χ0) is 19.3. The maximum absolute atomic E-state index is 5.99. The van der Waals surface area contributed by atoms with Crippen LogP contribution in [0.4, 0.5) is 0 Å². The number of rotatable bonds is 5. The minimum absolute atomic E-state index is 0.590. The maximum Gasteiger partial charge on any atom is 0.120 e. The first-order chi connectivity index (χ1) is 13.7. The summed E-state index contributed by atoms with van der Waals surface area (Å²) in [4.78, 5) is 4.75. The van der Waals surface area contributed by atoms with Crippen molar-refractivity contribution in [3.8, 4) is 5.75 Å². The molecule has 3 aromatic rings. The fourth-order valence-corrected chi connectivity index (χ4v) is 3.56. The summed E-state index contributed by atoms with van der Waals surface area (Å²) in [7, 11) is 0. The van der Waals surface area contributed by atoms with E-state index >= 15 is 0 Å². The van der Waals surface area contributed by atoms with E-state index in [-0.39, 0.29) is 0 Å². The Kier molecular flexibility index (Phi) is 5.38. The van der Waals surface area contributed by atoms with E-state index in [9.17, 15) is 0 Å². The second-order valence-electron chi connectivity index (χ2n) is 7.30. The molecule has 0 amide bonds. The van der Waals surface area contributed by atoms with Crippen LogP contribution in [0.1, 0.15) is 33.4 Å². The molecule has 1 aliphatic rings. The first kappa shape index (κ1) is 18.2. The van der Waals surface area contributed by atoms with E-state index in [1.54, 1.807) is 0 Å². The smallest absolute Gasteiger partial charge is 0.120 e. The van der Waals surface area contributed by atoms with Gasteiger partial charge in [0.25, 0.3) is 0 Å². The molecule has 1 heterocycles. The standard InChI is InChI=1S/C26H25NO/c1-19-8-9-22(20(2)16-19)10-13-26-25-12-11-24(17-23(25)14-15-27-26)28-18-21-6-4-3-5-7-21/h3-13,16-17H,14-15,18H2,1-2H3/b13-10+. The van der Waals surface area contributed by atoms with Crippen molar-refractivity contribution in [1.29, 1.82) is 0 Å². The molecule has 140 valence electrons. The molecule has 0 atom stereocenters. The molecule has 0 radical (unpaired) electrons. The molecule has 0 spiro atoms. The summed E-state index contributed by atoms with van der Waals surface area (Å²) in [5.74, 6) is 0.919. The van der Waals surface area contributed by atoms with E-state index in [2.05, 4.69) is 68.5 Å². The van der Waals surface area contributed by atoms with Crippen molar-refractivity contribution in [3.63, 3.8) is 0 Å². The van der Waals surface area contributed by atoms with Gasteiger partial charge in [0.05, 0.1) is 5.71 Å². The maximum atomic E-state index is 5.99. The molecule has 4 rings (SSSR count). The molecule has 0 saturated carbocycles. The molecule has 2 heteroatoms. The Hall–Kier alpha value is -3.13.